The van der Waals surface area contributed by atoms with Gasteiger partial charge in [-0.3, -0.25) is 0 Å². The molecule has 0 fully saturated rings. The van der Waals surface area contributed by atoms with E-state index in [1.54, 1.807) is 11.8 Å². The minimum absolute atomic E-state index is 0. The van der Waals surface area contributed by atoms with Crippen LogP contribution in [0.2, 0.25) is 0 Å². The molecule has 0 atom stereocenters. The van der Waals surface area contributed by atoms with Crippen LogP contribution in [-0.4, -0.2) is 22.3 Å². The third-order valence-electron chi connectivity index (χ3n) is 5.27. The minimum atomic E-state index is 0. The average molecular weight is 487 g/mol. The summed E-state index contributed by atoms with van der Waals surface area (Å²) in [6.07, 6.45) is 19.0. The van der Waals surface area contributed by atoms with Crippen LogP contribution in [0.3, 0.4) is 0 Å². The quantitative estimate of drug-likeness (QED) is 0.0936. The fourth-order valence-corrected chi connectivity index (χ4v) is 4.75. The molecule has 162 valence electrons. The Balaban J connectivity index is 0.00000784. The van der Waals surface area contributed by atoms with E-state index in [2.05, 4.69) is 49.1 Å². The predicted octanol–water partition coefficient (Wildman–Crippen LogP) is 8.86. The van der Waals surface area contributed by atoms with E-state index in [-0.39, 0.29) is 19.5 Å². The monoisotopic (exact) mass is 485 g/mol. The van der Waals surface area contributed by atoms with Crippen molar-refractivity contribution in [2.75, 3.05) is 13.1 Å². The molecular weight excluding hydrogens is 444 g/mol. The molecule has 0 radical (unpaired) electrons. The molecule has 0 amide bonds. The van der Waals surface area contributed by atoms with E-state index in [1.165, 1.54) is 94.8 Å². The van der Waals surface area contributed by atoms with Gasteiger partial charge in [0.15, 0.2) is 0 Å². The molecule has 29 heavy (non-hydrogen) atoms. The normalized spacial score (nSPS) is 10.6. The first-order chi connectivity index (χ1) is 13.8. The molecule has 0 saturated carbocycles. The second kappa shape index (κ2) is 21.3. The molecule has 0 heterocycles. The molecule has 0 aliphatic rings. The van der Waals surface area contributed by atoms with Gasteiger partial charge in [0, 0.05) is 37.5 Å². The van der Waals surface area contributed by atoms with Crippen LogP contribution in [0, 0.1) is 0 Å². The summed E-state index contributed by atoms with van der Waals surface area (Å²) in [4.78, 5) is 3.74. The minimum Gasteiger partial charge on any atom is -0.357 e. The van der Waals surface area contributed by atoms with Crippen molar-refractivity contribution in [2.45, 2.75) is 109 Å². The molecule has 0 aliphatic heterocycles. The molecule has 1 nitrogen and oxygen atoms in total. The molecule has 0 aromatic heterocycles. The Morgan fingerprint density at radius 3 is 1.55 bits per heavy atom. The zero-order valence-corrected chi connectivity index (χ0v) is 23.8. The number of rotatable bonds is 17. The summed E-state index contributed by atoms with van der Waals surface area (Å²) in [7, 11) is 0. The van der Waals surface area contributed by atoms with Crippen molar-refractivity contribution < 1.29 is 19.5 Å². The molecule has 0 bridgehead atoms. The first kappa shape index (κ1) is 29.1. The zero-order valence-electron chi connectivity index (χ0n) is 19.2. The second-order valence-corrected chi connectivity index (χ2v) is 9.62. The van der Waals surface area contributed by atoms with Crippen LogP contribution in [0.1, 0.15) is 104 Å². The number of thiocarbonyl (C=S) groups is 1. The number of thioether (sulfide) groups is 1. The van der Waals surface area contributed by atoms with E-state index in [0.29, 0.717) is 0 Å². The fourth-order valence-electron chi connectivity index (χ4n) is 3.47. The third kappa shape index (κ3) is 16.4. The Hall–Kier alpha value is 0.0834. The Morgan fingerprint density at radius 2 is 1.10 bits per heavy atom. The number of hydrogen-bond acceptors (Lipinski definition) is 2. The van der Waals surface area contributed by atoms with Crippen molar-refractivity contribution in [3.8, 4) is 0 Å². The standard InChI is InChI=1S/C25H43NS2.Zn/c1-3-5-7-9-11-13-18-22-26(23-19-14-12-10-8-6-4-2)25(27)28-24-20-16-15-17-21-24;/h15-17,20-21H,3-14,18-19,22-23H2,1-2H3;. The van der Waals surface area contributed by atoms with Crippen LogP contribution in [0.4, 0.5) is 0 Å². The summed E-state index contributed by atoms with van der Waals surface area (Å²) in [6, 6.07) is 10.6. The van der Waals surface area contributed by atoms with Crippen LogP contribution in [-0.2, 0) is 19.5 Å². The van der Waals surface area contributed by atoms with Crippen molar-refractivity contribution in [3.63, 3.8) is 0 Å². The number of unbranched alkanes of at least 4 members (excludes halogenated alkanes) is 12. The van der Waals surface area contributed by atoms with Crippen LogP contribution < -0.4 is 0 Å². The summed E-state index contributed by atoms with van der Waals surface area (Å²) in [5, 5.41) is 0. The van der Waals surface area contributed by atoms with E-state index in [0.717, 1.165) is 17.4 Å². The fraction of sp³-hybridized carbons (Fsp3) is 0.720. The van der Waals surface area contributed by atoms with E-state index in [9.17, 15) is 0 Å². The molecular formula is C25H43NS2Zn. The number of benzene rings is 1. The van der Waals surface area contributed by atoms with Crippen molar-refractivity contribution in [1.29, 1.82) is 0 Å². The summed E-state index contributed by atoms with van der Waals surface area (Å²) < 4.78 is 1.06. The topological polar surface area (TPSA) is 3.24 Å². The Morgan fingerprint density at radius 1 is 0.690 bits per heavy atom. The first-order valence-electron chi connectivity index (χ1n) is 11.8. The van der Waals surface area contributed by atoms with Gasteiger partial charge in [0.2, 0.25) is 0 Å². The van der Waals surface area contributed by atoms with Crippen molar-refractivity contribution in [2.24, 2.45) is 0 Å². The van der Waals surface area contributed by atoms with Gasteiger partial charge in [0.05, 0.1) is 0 Å². The van der Waals surface area contributed by atoms with Gasteiger partial charge < -0.3 is 4.90 Å². The van der Waals surface area contributed by atoms with Gasteiger partial charge in [0.1, 0.15) is 4.32 Å². The van der Waals surface area contributed by atoms with Crippen LogP contribution in [0.25, 0.3) is 0 Å². The smallest absolute Gasteiger partial charge is 0.141 e. The SMILES string of the molecule is CCCCCCCCCN(CCCCCCCCC)C(=S)Sc1ccccc1.[Zn]. The number of nitrogens with zero attached hydrogens (tertiary/aromatic N) is 1. The average Bonchev–Trinajstić information content (AvgIpc) is 2.71. The molecule has 1 rings (SSSR count). The maximum absolute atomic E-state index is 5.82. The molecule has 0 saturated heterocycles. The molecule has 0 spiro atoms. The molecule has 1 aromatic rings. The summed E-state index contributed by atoms with van der Waals surface area (Å²) >= 11 is 7.58. The third-order valence-corrected chi connectivity index (χ3v) is 6.72. The van der Waals surface area contributed by atoms with Crippen molar-refractivity contribution in [3.05, 3.63) is 30.3 Å². The van der Waals surface area contributed by atoms with E-state index in [4.69, 9.17) is 12.2 Å². The summed E-state index contributed by atoms with van der Waals surface area (Å²) in [5.41, 5.74) is 0. The molecule has 0 aliphatic carbocycles. The molecule has 0 N–H and O–H groups in total. The van der Waals surface area contributed by atoms with E-state index in [1.807, 2.05) is 0 Å². The van der Waals surface area contributed by atoms with Crippen molar-refractivity contribution in [1.82, 2.24) is 4.90 Å². The van der Waals surface area contributed by atoms with Gasteiger partial charge in [0.25, 0.3) is 0 Å². The Bertz CT molecular complexity index is 463. The first-order valence-corrected chi connectivity index (χ1v) is 13.0. The van der Waals surface area contributed by atoms with Crippen LogP contribution in [0.5, 0.6) is 0 Å². The van der Waals surface area contributed by atoms with Gasteiger partial charge in [-0.1, -0.05) is 133 Å². The predicted molar refractivity (Wildman–Crippen MR) is 132 cm³/mol. The number of hydrogen-bond donors (Lipinski definition) is 0. The van der Waals surface area contributed by atoms with Gasteiger partial charge in [-0.15, -0.1) is 0 Å². The van der Waals surface area contributed by atoms with Gasteiger partial charge in [-0.2, -0.15) is 0 Å². The molecule has 1 aromatic carbocycles. The van der Waals surface area contributed by atoms with E-state index >= 15 is 0 Å². The molecule has 0 unspecified atom stereocenters. The maximum Gasteiger partial charge on any atom is 0.141 e. The Kier molecular flexibility index (Phi) is 21.4. The van der Waals surface area contributed by atoms with Gasteiger partial charge in [-0.05, 0) is 25.0 Å². The van der Waals surface area contributed by atoms with E-state index < -0.39 is 0 Å². The summed E-state index contributed by atoms with van der Waals surface area (Å²) in [6.45, 7) is 6.82. The van der Waals surface area contributed by atoms with Crippen molar-refractivity contribution >= 4 is 28.3 Å². The van der Waals surface area contributed by atoms with Crippen LogP contribution >= 0.6 is 24.0 Å². The van der Waals surface area contributed by atoms with Crippen LogP contribution in [0.15, 0.2) is 35.2 Å². The second-order valence-electron chi connectivity index (χ2n) is 7.91. The summed E-state index contributed by atoms with van der Waals surface area (Å²) in [5.74, 6) is 0. The maximum atomic E-state index is 5.82. The zero-order chi connectivity index (χ0) is 20.3. The van der Waals surface area contributed by atoms with Gasteiger partial charge >= 0.3 is 0 Å². The largest absolute Gasteiger partial charge is 0.357 e. The Labute approximate surface area is 203 Å². The molecule has 4 heteroatoms. The van der Waals surface area contributed by atoms with Gasteiger partial charge in [-0.25, -0.2) is 0 Å².